The van der Waals surface area contributed by atoms with Crippen LogP contribution in [0.4, 0.5) is 5.69 Å². The van der Waals surface area contributed by atoms with Gasteiger partial charge in [0.15, 0.2) is 11.5 Å². The number of nitrogens with zero attached hydrogens (tertiary/aromatic N) is 1. The van der Waals surface area contributed by atoms with E-state index >= 15 is 0 Å². The largest absolute Gasteiger partial charge is 0.508 e. The van der Waals surface area contributed by atoms with Crippen molar-refractivity contribution in [3.8, 4) is 29.1 Å². The van der Waals surface area contributed by atoms with Crippen molar-refractivity contribution in [3.05, 3.63) is 42.0 Å². The SMILES string of the molecule is N#Cc1ccc(O)cc1Oc1cc(N)ccc1O. The standard InChI is InChI=1S/C13H10N2O3/c14-7-8-1-3-10(16)6-12(8)18-13-5-9(15)2-4-11(13)17/h1-6,16-17H,15H2. The smallest absolute Gasteiger partial charge is 0.171 e. The topological polar surface area (TPSA) is 99.5 Å². The number of anilines is 1. The second kappa shape index (κ2) is 4.55. The van der Waals surface area contributed by atoms with Gasteiger partial charge in [0.2, 0.25) is 0 Å². The fraction of sp³-hybridized carbons (Fsp3) is 0. The molecule has 0 saturated heterocycles. The van der Waals surface area contributed by atoms with E-state index in [1.54, 1.807) is 0 Å². The first-order chi connectivity index (χ1) is 8.60. The minimum absolute atomic E-state index is 0.0348. The summed E-state index contributed by atoms with van der Waals surface area (Å²) in [6.45, 7) is 0. The summed E-state index contributed by atoms with van der Waals surface area (Å²) in [5, 5.41) is 27.9. The molecule has 0 aromatic heterocycles. The lowest BCUT2D eigenvalue weighted by Crippen LogP contribution is -1.91. The van der Waals surface area contributed by atoms with Gasteiger partial charge in [-0.25, -0.2) is 0 Å². The van der Waals surface area contributed by atoms with Gasteiger partial charge in [0.1, 0.15) is 17.6 Å². The third-order valence-corrected chi connectivity index (χ3v) is 2.29. The molecule has 2 aromatic rings. The zero-order chi connectivity index (χ0) is 13.1. The first kappa shape index (κ1) is 11.6. The monoisotopic (exact) mass is 242 g/mol. The Balaban J connectivity index is 2.43. The van der Waals surface area contributed by atoms with Crippen LogP contribution in [0.2, 0.25) is 0 Å². The quantitative estimate of drug-likeness (QED) is 0.554. The van der Waals surface area contributed by atoms with Gasteiger partial charge < -0.3 is 20.7 Å². The number of hydrogen-bond donors (Lipinski definition) is 3. The van der Waals surface area contributed by atoms with Crippen LogP contribution >= 0.6 is 0 Å². The molecular weight excluding hydrogens is 232 g/mol. The molecule has 18 heavy (non-hydrogen) atoms. The molecule has 0 heterocycles. The molecule has 0 bridgehead atoms. The van der Waals surface area contributed by atoms with E-state index in [0.29, 0.717) is 5.69 Å². The molecule has 2 rings (SSSR count). The molecule has 0 aliphatic carbocycles. The van der Waals surface area contributed by atoms with Crippen LogP contribution in [0.1, 0.15) is 5.56 Å². The van der Waals surface area contributed by atoms with Gasteiger partial charge in [-0.2, -0.15) is 5.26 Å². The molecule has 5 heteroatoms. The molecule has 0 aliphatic rings. The van der Waals surface area contributed by atoms with E-state index in [0.717, 1.165) is 0 Å². The van der Waals surface area contributed by atoms with Gasteiger partial charge in [-0.1, -0.05) is 0 Å². The molecular formula is C13H10N2O3. The molecule has 0 saturated carbocycles. The zero-order valence-electron chi connectivity index (χ0n) is 9.29. The Morgan fingerprint density at radius 3 is 2.56 bits per heavy atom. The van der Waals surface area contributed by atoms with Crippen LogP contribution in [0.3, 0.4) is 0 Å². The van der Waals surface area contributed by atoms with Gasteiger partial charge in [-0.05, 0) is 24.3 Å². The van der Waals surface area contributed by atoms with Gasteiger partial charge in [0.25, 0.3) is 0 Å². The zero-order valence-corrected chi connectivity index (χ0v) is 9.29. The number of aromatic hydroxyl groups is 2. The first-order valence-electron chi connectivity index (χ1n) is 5.09. The van der Waals surface area contributed by atoms with Gasteiger partial charge in [0.05, 0.1) is 5.56 Å². The minimum Gasteiger partial charge on any atom is -0.508 e. The number of rotatable bonds is 2. The normalized spacial score (nSPS) is 9.72. The highest BCUT2D eigenvalue weighted by molar-refractivity contribution is 5.55. The van der Waals surface area contributed by atoms with E-state index < -0.39 is 0 Å². The van der Waals surface area contributed by atoms with Crippen LogP contribution in [0, 0.1) is 11.3 Å². The third kappa shape index (κ3) is 2.28. The molecule has 0 fully saturated rings. The number of ether oxygens (including phenoxy) is 1. The molecule has 0 radical (unpaired) electrons. The lowest BCUT2D eigenvalue weighted by Gasteiger charge is -2.09. The molecule has 0 spiro atoms. The van der Waals surface area contributed by atoms with Gasteiger partial charge in [-0.15, -0.1) is 0 Å². The fourth-order valence-electron chi connectivity index (χ4n) is 1.42. The number of nitriles is 1. The van der Waals surface area contributed by atoms with Crippen LogP contribution in [-0.2, 0) is 0 Å². The van der Waals surface area contributed by atoms with E-state index in [9.17, 15) is 10.2 Å². The summed E-state index contributed by atoms with van der Waals surface area (Å²) in [4.78, 5) is 0. The van der Waals surface area contributed by atoms with Gasteiger partial charge in [0, 0.05) is 17.8 Å². The van der Waals surface area contributed by atoms with Crippen molar-refractivity contribution >= 4 is 5.69 Å². The maximum Gasteiger partial charge on any atom is 0.171 e. The Morgan fingerprint density at radius 2 is 1.83 bits per heavy atom. The summed E-state index contributed by atoms with van der Waals surface area (Å²) in [5.74, 6) is 0.138. The van der Waals surface area contributed by atoms with Crippen molar-refractivity contribution in [1.29, 1.82) is 5.26 Å². The Morgan fingerprint density at radius 1 is 1.06 bits per heavy atom. The van der Waals surface area contributed by atoms with E-state index in [4.69, 9.17) is 15.7 Å². The predicted molar refractivity (Wildman–Crippen MR) is 65.4 cm³/mol. The predicted octanol–water partition coefficient (Wildman–Crippen LogP) is 2.34. The van der Waals surface area contributed by atoms with E-state index in [2.05, 4.69) is 0 Å². The van der Waals surface area contributed by atoms with Crippen molar-refractivity contribution in [2.24, 2.45) is 0 Å². The molecule has 5 nitrogen and oxygen atoms in total. The van der Waals surface area contributed by atoms with Crippen LogP contribution < -0.4 is 10.5 Å². The van der Waals surface area contributed by atoms with Crippen molar-refractivity contribution in [2.75, 3.05) is 5.73 Å². The summed E-state index contributed by atoms with van der Waals surface area (Å²) in [6, 6.07) is 10.4. The Labute approximate surface area is 103 Å². The van der Waals surface area contributed by atoms with Crippen molar-refractivity contribution in [2.45, 2.75) is 0 Å². The molecule has 0 atom stereocenters. The lowest BCUT2D eigenvalue weighted by molar-refractivity contribution is 0.407. The van der Waals surface area contributed by atoms with Crippen molar-refractivity contribution < 1.29 is 14.9 Å². The highest BCUT2D eigenvalue weighted by atomic mass is 16.5. The molecule has 0 amide bonds. The summed E-state index contributed by atoms with van der Waals surface area (Å²) in [5.41, 5.74) is 6.24. The number of benzene rings is 2. The summed E-state index contributed by atoms with van der Waals surface area (Å²) < 4.78 is 5.38. The van der Waals surface area contributed by atoms with Crippen LogP contribution in [0.5, 0.6) is 23.0 Å². The maximum atomic E-state index is 9.60. The second-order valence-electron chi connectivity index (χ2n) is 3.62. The third-order valence-electron chi connectivity index (χ3n) is 2.29. The number of nitrogen functional groups attached to an aromatic ring is 1. The average Bonchev–Trinajstić information content (AvgIpc) is 2.34. The fourth-order valence-corrected chi connectivity index (χ4v) is 1.42. The summed E-state index contributed by atoms with van der Waals surface area (Å²) >= 11 is 0. The Hall–Kier alpha value is -2.87. The van der Waals surface area contributed by atoms with Crippen LogP contribution in [0.25, 0.3) is 0 Å². The highest BCUT2D eigenvalue weighted by Gasteiger charge is 2.09. The Kier molecular flexibility index (Phi) is 2.94. The Bertz CT molecular complexity index is 633. The van der Waals surface area contributed by atoms with Gasteiger partial charge in [-0.3, -0.25) is 0 Å². The second-order valence-corrected chi connectivity index (χ2v) is 3.62. The number of hydrogen-bond acceptors (Lipinski definition) is 5. The maximum absolute atomic E-state index is 9.60. The van der Waals surface area contributed by atoms with Crippen LogP contribution in [0.15, 0.2) is 36.4 Å². The molecule has 0 aliphatic heterocycles. The van der Waals surface area contributed by atoms with E-state index in [1.807, 2.05) is 6.07 Å². The average molecular weight is 242 g/mol. The van der Waals surface area contributed by atoms with E-state index in [1.165, 1.54) is 36.4 Å². The summed E-state index contributed by atoms with van der Waals surface area (Å²) in [7, 11) is 0. The summed E-state index contributed by atoms with van der Waals surface area (Å²) in [6.07, 6.45) is 0. The number of phenols is 2. The number of nitrogens with two attached hydrogens (primary N) is 1. The van der Waals surface area contributed by atoms with Crippen LogP contribution in [-0.4, -0.2) is 10.2 Å². The first-order valence-corrected chi connectivity index (χ1v) is 5.09. The molecule has 90 valence electrons. The van der Waals surface area contributed by atoms with E-state index in [-0.39, 0.29) is 28.6 Å². The molecule has 2 aromatic carbocycles. The van der Waals surface area contributed by atoms with Gasteiger partial charge >= 0.3 is 0 Å². The van der Waals surface area contributed by atoms with Crippen molar-refractivity contribution in [3.63, 3.8) is 0 Å². The molecule has 0 unspecified atom stereocenters. The van der Waals surface area contributed by atoms with Crippen molar-refractivity contribution in [1.82, 2.24) is 0 Å². The lowest BCUT2D eigenvalue weighted by atomic mass is 10.2. The molecule has 4 N–H and O–H groups in total. The minimum atomic E-state index is -0.101. The number of phenolic OH excluding ortho intramolecular Hbond substituents is 2. The highest BCUT2D eigenvalue weighted by Crippen LogP contribution is 2.35.